The number of anilines is 2. The smallest absolute Gasteiger partial charge is 0.324 e. The molecule has 1 aliphatic rings. The van der Waals surface area contributed by atoms with E-state index in [-0.39, 0.29) is 5.69 Å². The van der Waals surface area contributed by atoms with Gasteiger partial charge in [0.25, 0.3) is 5.91 Å². The van der Waals surface area contributed by atoms with Crippen LogP contribution < -0.4 is 10.2 Å². The lowest BCUT2D eigenvalue weighted by atomic mass is 10.2. The Hall–Kier alpha value is -3.29. The quantitative estimate of drug-likeness (QED) is 0.838. The second-order valence-electron chi connectivity index (χ2n) is 6.24. The van der Waals surface area contributed by atoms with Gasteiger partial charge in [-0.05, 0) is 55.8 Å². The van der Waals surface area contributed by atoms with Gasteiger partial charge >= 0.3 is 6.03 Å². The molecular weight excluding hydrogens is 356 g/mol. The van der Waals surface area contributed by atoms with Crippen molar-refractivity contribution in [2.24, 2.45) is 0 Å². The summed E-state index contributed by atoms with van der Waals surface area (Å²) in [4.78, 5) is 39.2. The first-order valence-corrected chi connectivity index (χ1v) is 8.24. The number of halogens is 2. The Kier molecular flexibility index (Phi) is 4.89. The number of nitrogens with zero attached hydrogens (tertiary/aromatic N) is 2. The lowest BCUT2D eigenvalue weighted by Crippen LogP contribution is -2.39. The van der Waals surface area contributed by atoms with Crippen LogP contribution in [0, 0.1) is 18.6 Å². The monoisotopic (exact) mass is 373 g/mol. The van der Waals surface area contributed by atoms with Crippen molar-refractivity contribution in [1.82, 2.24) is 4.90 Å². The van der Waals surface area contributed by atoms with E-state index in [0.29, 0.717) is 11.3 Å². The minimum Gasteiger partial charge on any atom is -0.324 e. The number of urea groups is 1. The van der Waals surface area contributed by atoms with Gasteiger partial charge in [0.05, 0.1) is 0 Å². The summed E-state index contributed by atoms with van der Waals surface area (Å²) in [7, 11) is 0. The van der Waals surface area contributed by atoms with Gasteiger partial charge in [0.2, 0.25) is 5.91 Å². The third-order valence-electron chi connectivity index (χ3n) is 4.31. The van der Waals surface area contributed by atoms with Crippen molar-refractivity contribution in [1.29, 1.82) is 0 Å². The number of nitrogens with one attached hydrogen (secondary N) is 1. The van der Waals surface area contributed by atoms with Crippen molar-refractivity contribution in [3.8, 4) is 0 Å². The van der Waals surface area contributed by atoms with Gasteiger partial charge in [-0.1, -0.05) is 6.07 Å². The highest BCUT2D eigenvalue weighted by Gasteiger charge is 2.44. The summed E-state index contributed by atoms with van der Waals surface area (Å²) in [5, 5.41) is 2.46. The zero-order valence-corrected chi connectivity index (χ0v) is 14.7. The molecule has 1 heterocycles. The second-order valence-corrected chi connectivity index (χ2v) is 6.24. The Morgan fingerprint density at radius 2 is 1.78 bits per heavy atom. The predicted molar refractivity (Wildman–Crippen MR) is 95.2 cm³/mol. The van der Waals surface area contributed by atoms with Crippen molar-refractivity contribution in [3.05, 3.63) is 59.7 Å². The number of aryl methyl sites for hydroxylation is 1. The van der Waals surface area contributed by atoms with E-state index in [1.54, 1.807) is 6.92 Å². The van der Waals surface area contributed by atoms with E-state index >= 15 is 0 Å². The third-order valence-corrected chi connectivity index (χ3v) is 4.31. The molecule has 27 heavy (non-hydrogen) atoms. The van der Waals surface area contributed by atoms with Gasteiger partial charge in [0.15, 0.2) is 0 Å². The average Bonchev–Trinajstić information content (AvgIpc) is 2.83. The van der Waals surface area contributed by atoms with Crippen LogP contribution in [-0.4, -0.2) is 35.3 Å². The first-order valence-electron chi connectivity index (χ1n) is 8.24. The molecule has 8 heteroatoms. The fraction of sp³-hybridized carbons (Fsp3) is 0.211. The summed E-state index contributed by atoms with van der Waals surface area (Å²) in [6.07, 6.45) is 0. The minimum atomic E-state index is -0.826. The number of carbonyl (C=O) groups is 3. The summed E-state index contributed by atoms with van der Waals surface area (Å²) < 4.78 is 26.7. The molecule has 0 spiro atoms. The average molecular weight is 373 g/mol. The first kappa shape index (κ1) is 18.5. The minimum absolute atomic E-state index is 0.227. The van der Waals surface area contributed by atoms with Crippen LogP contribution in [0.15, 0.2) is 42.5 Å². The molecule has 2 aromatic carbocycles. The van der Waals surface area contributed by atoms with Crippen LogP contribution in [0.3, 0.4) is 0 Å². The molecule has 0 aromatic heterocycles. The molecule has 140 valence electrons. The second kappa shape index (κ2) is 7.14. The predicted octanol–water partition coefficient (Wildman–Crippen LogP) is 3.07. The molecule has 3 rings (SSSR count). The van der Waals surface area contributed by atoms with Gasteiger partial charge in [-0.15, -0.1) is 0 Å². The fourth-order valence-electron chi connectivity index (χ4n) is 2.82. The van der Waals surface area contributed by atoms with Crippen LogP contribution in [0.4, 0.5) is 25.0 Å². The van der Waals surface area contributed by atoms with E-state index in [1.807, 2.05) is 0 Å². The Balaban J connectivity index is 1.73. The molecule has 4 amide bonds. The van der Waals surface area contributed by atoms with Crippen molar-refractivity contribution in [2.45, 2.75) is 19.9 Å². The molecule has 0 saturated carbocycles. The zero-order valence-electron chi connectivity index (χ0n) is 14.7. The van der Waals surface area contributed by atoms with E-state index in [1.165, 1.54) is 48.2 Å². The van der Waals surface area contributed by atoms with Crippen molar-refractivity contribution >= 4 is 29.2 Å². The van der Waals surface area contributed by atoms with Crippen LogP contribution in [0.25, 0.3) is 0 Å². The Labute approximate surface area is 154 Å². The molecule has 1 fully saturated rings. The molecule has 1 N–H and O–H groups in total. The number of hydrogen-bond donors (Lipinski definition) is 1. The van der Waals surface area contributed by atoms with E-state index < -0.39 is 42.1 Å². The standard InChI is InChI=1S/C19H17F2N3O3/c1-11-3-6-14(9-16(11)21)22-17(25)10-23-18(26)12(2)24(19(23)27)15-7-4-13(20)5-8-15/h3-9,12H,10H2,1-2H3,(H,22,25). The van der Waals surface area contributed by atoms with Crippen LogP contribution in [0.5, 0.6) is 0 Å². The molecule has 0 aliphatic carbocycles. The van der Waals surface area contributed by atoms with Gasteiger partial charge in [0.1, 0.15) is 24.2 Å². The van der Waals surface area contributed by atoms with E-state index in [9.17, 15) is 23.2 Å². The normalized spacial score (nSPS) is 16.8. The maximum absolute atomic E-state index is 13.6. The summed E-state index contributed by atoms with van der Waals surface area (Å²) >= 11 is 0. The van der Waals surface area contributed by atoms with Crippen LogP contribution in [0.2, 0.25) is 0 Å². The SMILES string of the molecule is Cc1ccc(NC(=O)CN2C(=O)C(C)N(c3ccc(F)cc3)C2=O)cc1F. The number of rotatable bonds is 4. The Morgan fingerprint density at radius 1 is 1.11 bits per heavy atom. The lowest BCUT2D eigenvalue weighted by Gasteiger charge is -2.19. The summed E-state index contributed by atoms with van der Waals surface area (Å²) in [5.74, 6) is -2.12. The van der Waals surface area contributed by atoms with Crippen LogP contribution in [0.1, 0.15) is 12.5 Å². The largest absolute Gasteiger partial charge is 0.332 e. The molecule has 0 bridgehead atoms. The maximum atomic E-state index is 13.6. The highest BCUT2D eigenvalue weighted by atomic mass is 19.1. The van der Waals surface area contributed by atoms with Gasteiger partial charge in [-0.3, -0.25) is 19.4 Å². The highest BCUT2D eigenvalue weighted by Crippen LogP contribution is 2.26. The number of benzene rings is 2. The Bertz CT molecular complexity index is 915. The van der Waals surface area contributed by atoms with Gasteiger partial charge in [-0.25, -0.2) is 13.6 Å². The van der Waals surface area contributed by atoms with E-state index in [2.05, 4.69) is 5.32 Å². The molecule has 1 saturated heterocycles. The summed E-state index contributed by atoms with van der Waals surface area (Å²) in [6.45, 7) is 2.61. The van der Waals surface area contributed by atoms with Crippen molar-refractivity contribution in [2.75, 3.05) is 16.8 Å². The van der Waals surface area contributed by atoms with Crippen molar-refractivity contribution in [3.63, 3.8) is 0 Å². The van der Waals surface area contributed by atoms with Crippen LogP contribution in [-0.2, 0) is 9.59 Å². The zero-order chi connectivity index (χ0) is 19.7. The van der Waals surface area contributed by atoms with E-state index in [0.717, 1.165) is 11.0 Å². The number of hydrogen-bond acceptors (Lipinski definition) is 3. The molecule has 1 aliphatic heterocycles. The van der Waals surface area contributed by atoms with Gasteiger partial charge in [0, 0.05) is 11.4 Å². The number of imide groups is 1. The molecule has 6 nitrogen and oxygen atoms in total. The van der Waals surface area contributed by atoms with Crippen LogP contribution >= 0.6 is 0 Å². The highest BCUT2D eigenvalue weighted by molar-refractivity contribution is 6.16. The molecular formula is C19H17F2N3O3. The van der Waals surface area contributed by atoms with Gasteiger partial charge in [-0.2, -0.15) is 0 Å². The summed E-state index contributed by atoms with van der Waals surface area (Å²) in [5.41, 5.74) is 1.01. The number of carbonyl (C=O) groups excluding carboxylic acids is 3. The van der Waals surface area contributed by atoms with E-state index in [4.69, 9.17) is 0 Å². The molecule has 1 atom stereocenters. The summed E-state index contributed by atoms with van der Waals surface area (Å²) in [6, 6.07) is 7.83. The first-order chi connectivity index (χ1) is 12.8. The lowest BCUT2D eigenvalue weighted by molar-refractivity contribution is -0.130. The van der Waals surface area contributed by atoms with Gasteiger partial charge < -0.3 is 5.32 Å². The molecule has 0 radical (unpaired) electrons. The fourth-order valence-corrected chi connectivity index (χ4v) is 2.82. The maximum Gasteiger partial charge on any atom is 0.332 e. The molecule has 1 unspecified atom stereocenters. The third kappa shape index (κ3) is 3.64. The van der Waals surface area contributed by atoms with Crippen molar-refractivity contribution < 1.29 is 23.2 Å². The molecule has 2 aromatic rings. The number of amides is 4. The Morgan fingerprint density at radius 3 is 2.41 bits per heavy atom. The topological polar surface area (TPSA) is 69.7 Å².